The lowest BCUT2D eigenvalue weighted by Gasteiger charge is -2.07. The minimum Gasteiger partial charge on any atom is -0.390 e. The second-order valence-corrected chi connectivity index (χ2v) is 2.70. The summed E-state index contributed by atoms with van der Waals surface area (Å²) in [4.78, 5) is 0. The summed E-state index contributed by atoms with van der Waals surface area (Å²) < 4.78 is 1.88. The summed E-state index contributed by atoms with van der Waals surface area (Å²) in [6.07, 6.45) is 2.96. The van der Waals surface area contributed by atoms with Crippen LogP contribution in [-0.2, 0) is 6.61 Å². The van der Waals surface area contributed by atoms with Crippen molar-refractivity contribution in [3.63, 3.8) is 0 Å². The molecule has 1 unspecified atom stereocenters. The van der Waals surface area contributed by atoms with E-state index in [1.807, 2.05) is 16.9 Å². The van der Waals surface area contributed by atoms with Gasteiger partial charge in [0.1, 0.15) is 0 Å². The third-order valence-corrected chi connectivity index (χ3v) is 1.87. The number of rotatable bonds is 3. The molecule has 1 aromatic heterocycles. The zero-order valence-corrected chi connectivity index (χ0v) is 6.99. The highest BCUT2D eigenvalue weighted by molar-refractivity contribution is 4.97. The first kappa shape index (κ1) is 8.27. The van der Waals surface area contributed by atoms with Gasteiger partial charge in [-0.1, -0.05) is 6.92 Å². The molecule has 0 aromatic carbocycles. The molecule has 1 rings (SSSR count). The quantitative estimate of drug-likeness (QED) is 0.713. The molecule has 62 valence electrons. The van der Waals surface area contributed by atoms with Crippen LogP contribution in [0.15, 0.2) is 12.3 Å². The lowest BCUT2D eigenvalue weighted by Crippen LogP contribution is -2.04. The maximum atomic E-state index is 8.73. The second-order valence-electron chi connectivity index (χ2n) is 2.70. The monoisotopic (exact) mass is 154 g/mol. The summed E-state index contributed by atoms with van der Waals surface area (Å²) in [6.45, 7) is 4.25. The average Bonchev–Trinajstić information content (AvgIpc) is 2.50. The zero-order valence-electron chi connectivity index (χ0n) is 6.99. The van der Waals surface area contributed by atoms with Crippen LogP contribution in [0.25, 0.3) is 0 Å². The van der Waals surface area contributed by atoms with Crippen molar-refractivity contribution >= 4 is 0 Å². The Labute approximate surface area is 66.7 Å². The van der Waals surface area contributed by atoms with Gasteiger partial charge in [0.15, 0.2) is 0 Å². The van der Waals surface area contributed by atoms with Crippen LogP contribution in [-0.4, -0.2) is 14.9 Å². The van der Waals surface area contributed by atoms with Gasteiger partial charge < -0.3 is 5.11 Å². The molecule has 0 aliphatic heterocycles. The largest absolute Gasteiger partial charge is 0.390 e. The van der Waals surface area contributed by atoms with Gasteiger partial charge in [-0.05, 0) is 19.4 Å². The van der Waals surface area contributed by atoms with Gasteiger partial charge >= 0.3 is 0 Å². The topological polar surface area (TPSA) is 38.0 Å². The van der Waals surface area contributed by atoms with E-state index in [9.17, 15) is 0 Å². The molecule has 0 saturated heterocycles. The Kier molecular flexibility index (Phi) is 2.65. The van der Waals surface area contributed by atoms with E-state index in [0.717, 1.165) is 12.1 Å². The molecule has 0 bridgehead atoms. The van der Waals surface area contributed by atoms with Crippen LogP contribution < -0.4 is 0 Å². The van der Waals surface area contributed by atoms with Gasteiger partial charge in [-0.25, -0.2) is 0 Å². The number of aromatic nitrogens is 2. The molecule has 0 fully saturated rings. The molecule has 1 N–H and O–H groups in total. The van der Waals surface area contributed by atoms with Crippen molar-refractivity contribution in [2.75, 3.05) is 0 Å². The van der Waals surface area contributed by atoms with Crippen molar-refractivity contribution in [3.8, 4) is 0 Å². The fraction of sp³-hybridized carbons (Fsp3) is 0.625. The molecule has 1 aromatic rings. The van der Waals surface area contributed by atoms with Crippen molar-refractivity contribution in [1.29, 1.82) is 0 Å². The standard InChI is InChI=1S/C8H14N2O/c1-3-7(2)10-5-4-8(6-11)9-10/h4-5,7,11H,3,6H2,1-2H3. The fourth-order valence-corrected chi connectivity index (χ4v) is 0.894. The highest BCUT2D eigenvalue weighted by atomic mass is 16.3. The van der Waals surface area contributed by atoms with Crippen LogP contribution in [0.1, 0.15) is 32.0 Å². The van der Waals surface area contributed by atoms with Gasteiger partial charge in [0.25, 0.3) is 0 Å². The maximum absolute atomic E-state index is 8.73. The molecule has 0 radical (unpaired) electrons. The van der Waals surface area contributed by atoms with Crippen molar-refractivity contribution in [2.45, 2.75) is 32.9 Å². The number of aliphatic hydroxyl groups excluding tert-OH is 1. The molecule has 11 heavy (non-hydrogen) atoms. The van der Waals surface area contributed by atoms with Crippen molar-refractivity contribution in [2.24, 2.45) is 0 Å². The van der Waals surface area contributed by atoms with Gasteiger partial charge in [-0.3, -0.25) is 4.68 Å². The summed E-state index contributed by atoms with van der Waals surface area (Å²) in [7, 11) is 0. The summed E-state index contributed by atoms with van der Waals surface area (Å²) in [5.41, 5.74) is 0.741. The van der Waals surface area contributed by atoms with Gasteiger partial charge in [-0.15, -0.1) is 0 Å². The van der Waals surface area contributed by atoms with Crippen LogP contribution >= 0.6 is 0 Å². The highest BCUT2D eigenvalue weighted by Crippen LogP contribution is 2.08. The number of hydrogen-bond acceptors (Lipinski definition) is 2. The van der Waals surface area contributed by atoms with Gasteiger partial charge in [-0.2, -0.15) is 5.10 Å². The lowest BCUT2D eigenvalue weighted by molar-refractivity contribution is 0.274. The third-order valence-electron chi connectivity index (χ3n) is 1.87. The lowest BCUT2D eigenvalue weighted by atomic mass is 10.3. The van der Waals surface area contributed by atoms with E-state index in [0.29, 0.717) is 6.04 Å². The molecule has 0 saturated carbocycles. The maximum Gasteiger partial charge on any atom is 0.0879 e. The Morgan fingerprint density at radius 3 is 2.91 bits per heavy atom. The van der Waals surface area contributed by atoms with E-state index in [1.165, 1.54) is 0 Å². The highest BCUT2D eigenvalue weighted by Gasteiger charge is 2.02. The fourth-order valence-electron chi connectivity index (χ4n) is 0.894. The van der Waals surface area contributed by atoms with Crippen LogP contribution in [0, 0.1) is 0 Å². The van der Waals surface area contributed by atoms with E-state index >= 15 is 0 Å². The molecule has 3 nitrogen and oxygen atoms in total. The van der Waals surface area contributed by atoms with E-state index in [4.69, 9.17) is 5.11 Å². The Morgan fingerprint density at radius 2 is 2.45 bits per heavy atom. The first-order chi connectivity index (χ1) is 5.27. The van der Waals surface area contributed by atoms with E-state index in [-0.39, 0.29) is 6.61 Å². The normalized spacial score (nSPS) is 13.4. The van der Waals surface area contributed by atoms with Gasteiger partial charge in [0.05, 0.1) is 12.3 Å². The zero-order chi connectivity index (χ0) is 8.27. The molecular weight excluding hydrogens is 140 g/mol. The van der Waals surface area contributed by atoms with Crippen molar-refractivity contribution in [1.82, 2.24) is 9.78 Å². The number of aliphatic hydroxyl groups is 1. The number of nitrogens with zero attached hydrogens (tertiary/aromatic N) is 2. The molecule has 1 heterocycles. The van der Waals surface area contributed by atoms with Crippen LogP contribution in [0.3, 0.4) is 0 Å². The van der Waals surface area contributed by atoms with Crippen LogP contribution in [0.2, 0.25) is 0 Å². The second kappa shape index (κ2) is 3.53. The molecule has 0 spiro atoms. The van der Waals surface area contributed by atoms with Crippen LogP contribution in [0.5, 0.6) is 0 Å². The van der Waals surface area contributed by atoms with Crippen molar-refractivity contribution < 1.29 is 5.11 Å². The number of hydrogen-bond donors (Lipinski definition) is 1. The molecule has 3 heteroatoms. The molecule has 0 aliphatic carbocycles. The van der Waals surface area contributed by atoms with Crippen molar-refractivity contribution in [3.05, 3.63) is 18.0 Å². The molecule has 0 aliphatic rings. The minimum absolute atomic E-state index is 0.0312. The Balaban J connectivity index is 2.71. The Bertz CT molecular complexity index is 220. The molecule has 1 atom stereocenters. The summed E-state index contributed by atoms with van der Waals surface area (Å²) >= 11 is 0. The minimum atomic E-state index is 0.0312. The molecular formula is C8H14N2O. The smallest absolute Gasteiger partial charge is 0.0879 e. The first-order valence-electron chi connectivity index (χ1n) is 3.92. The van der Waals surface area contributed by atoms with E-state index in [2.05, 4.69) is 18.9 Å². The first-order valence-corrected chi connectivity index (χ1v) is 3.92. The van der Waals surface area contributed by atoms with Gasteiger partial charge in [0, 0.05) is 12.2 Å². The van der Waals surface area contributed by atoms with E-state index < -0.39 is 0 Å². The predicted molar refractivity (Wildman–Crippen MR) is 43.2 cm³/mol. The third kappa shape index (κ3) is 1.80. The summed E-state index contributed by atoms with van der Waals surface area (Å²) in [5, 5.41) is 12.9. The summed E-state index contributed by atoms with van der Waals surface area (Å²) in [6, 6.07) is 2.27. The Morgan fingerprint density at radius 1 is 1.73 bits per heavy atom. The molecule has 0 amide bonds. The Hall–Kier alpha value is -0.830. The van der Waals surface area contributed by atoms with Gasteiger partial charge in [0.2, 0.25) is 0 Å². The summed E-state index contributed by atoms with van der Waals surface area (Å²) in [5.74, 6) is 0. The SMILES string of the molecule is CCC(C)n1ccc(CO)n1. The predicted octanol–water partition coefficient (Wildman–Crippen LogP) is 1.35. The van der Waals surface area contributed by atoms with Crippen LogP contribution in [0.4, 0.5) is 0 Å². The average molecular weight is 154 g/mol. The van der Waals surface area contributed by atoms with E-state index in [1.54, 1.807) is 0 Å².